The molecule has 10 nitrogen and oxygen atoms in total. The summed E-state index contributed by atoms with van der Waals surface area (Å²) in [6.45, 7) is 1.60. The average Bonchev–Trinajstić information content (AvgIpc) is 3.41. The minimum atomic E-state index is -0.877. The van der Waals surface area contributed by atoms with Gasteiger partial charge in [-0.1, -0.05) is 85.5 Å². The second kappa shape index (κ2) is 15.5. The lowest BCUT2D eigenvalue weighted by Gasteiger charge is -2.44. The zero-order valence-electron chi connectivity index (χ0n) is 29.0. The van der Waals surface area contributed by atoms with Crippen LogP contribution in [0.25, 0.3) is 0 Å². The number of benzene rings is 3. The lowest BCUT2D eigenvalue weighted by molar-refractivity contribution is -0.141. The summed E-state index contributed by atoms with van der Waals surface area (Å²) in [7, 11) is 0. The molecule has 4 aliphatic rings. The molecule has 0 radical (unpaired) electrons. The van der Waals surface area contributed by atoms with E-state index >= 15 is 0 Å². The topological polar surface area (TPSA) is 114 Å². The number of likely N-dealkylation sites (tertiary alicyclic amines) is 1. The summed E-state index contributed by atoms with van der Waals surface area (Å²) in [4.78, 5) is 61.0. The number of amides is 4. The highest BCUT2D eigenvalue weighted by molar-refractivity contribution is 6.30. The number of hydrogen-bond donors (Lipinski definition) is 3. The minimum Gasteiger partial charge on any atom is -0.352 e. The van der Waals surface area contributed by atoms with Crippen LogP contribution in [-0.4, -0.2) is 83.4 Å². The number of carbonyl (C=O) groups is 4. The van der Waals surface area contributed by atoms with Gasteiger partial charge in [-0.2, -0.15) is 0 Å². The van der Waals surface area contributed by atoms with E-state index in [4.69, 9.17) is 11.6 Å². The van der Waals surface area contributed by atoms with Crippen LogP contribution in [0, 0.1) is 0 Å². The maximum absolute atomic E-state index is 14.3. The lowest BCUT2D eigenvalue weighted by atomic mass is 9.85. The SMILES string of the molecule is O=C(CN1CN(c2ccccc2)C2(CCN(C(=O)[C@@H](Cc3ccc(Cl)cc3)NC(=O)[C@H]3Cc4ccccc4CN3)CC2)C1=O)NC1CCCCC1. The van der Waals surface area contributed by atoms with Gasteiger partial charge in [0.25, 0.3) is 5.91 Å². The smallest absolute Gasteiger partial charge is 0.250 e. The van der Waals surface area contributed by atoms with Crippen molar-refractivity contribution >= 4 is 40.9 Å². The van der Waals surface area contributed by atoms with Gasteiger partial charge in [0, 0.05) is 42.8 Å². The largest absolute Gasteiger partial charge is 0.352 e. The summed E-state index contributed by atoms with van der Waals surface area (Å²) >= 11 is 6.16. The van der Waals surface area contributed by atoms with Gasteiger partial charge in [0.15, 0.2) is 0 Å². The van der Waals surface area contributed by atoms with E-state index < -0.39 is 17.6 Å². The minimum absolute atomic E-state index is 0.0118. The average molecular weight is 711 g/mol. The molecule has 1 spiro atoms. The van der Waals surface area contributed by atoms with Gasteiger partial charge in [-0.15, -0.1) is 0 Å². The Bertz CT molecular complexity index is 1720. The molecule has 3 N–H and O–H groups in total. The summed E-state index contributed by atoms with van der Waals surface area (Å²) in [6, 6.07) is 24.2. The van der Waals surface area contributed by atoms with Crippen LogP contribution in [0.5, 0.6) is 0 Å². The zero-order chi connectivity index (χ0) is 35.4. The van der Waals surface area contributed by atoms with E-state index in [9.17, 15) is 19.2 Å². The van der Waals surface area contributed by atoms with Crippen molar-refractivity contribution in [2.45, 2.75) is 88.0 Å². The highest BCUT2D eigenvalue weighted by Crippen LogP contribution is 2.39. The molecule has 2 saturated heterocycles. The van der Waals surface area contributed by atoms with Crippen molar-refractivity contribution in [3.63, 3.8) is 0 Å². The monoisotopic (exact) mass is 710 g/mol. The predicted octanol–water partition coefficient (Wildman–Crippen LogP) is 4.20. The molecular formula is C40H47ClN6O4. The summed E-state index contributed by atoms with van der Waals surface area (Å²) < 4.78 is 0. The number of hydrogen-bond acceptors (Lipinski definition) is 6. The number of rotatable bonds is 9. The molecule has 3 heterocycles. The van der Waals surface area contributed by atoms with Gasteiger partial charge in [0.05, 0.1) is 12.7 Å². The molecule has 268 valence electrons. The quantitative estimate of drug-likeness (QED) is 0.307. The second-order valence-corrected chi connectivity index (χ2v) is 14.9. The number of fused-ring (bicyclic) bond motifs is 1. The second-order valence-electron chi connectivity index (χ2n) is 14.5. The van der Waals surface area contributed by atoms with E-state index in [-0.39, 0.29) is 36.2 Å². The summed E-state index contributed by atoms with van der Waals surface area (Å²) in [6.07, 6.45) is 7.07. The molecule has 2 atom stereocenters. The Hall–Kier alpha value is -4.41. The number of carbonyl (C=O) groups excluding carboxylic acids is 4. The van der Waals surface area contributed by atoms with E-state index in [1.807, 2.05) is 60.7 Å². The van der Waals surface area contributed by atoms with Crippen LogP contribution in [0.15, 0.2) is 78.9 Å². The molecule has 0 bridgehead atoms. The number of nitrogens with one attached hydrogen (secondary N) is 3. The van der Waals surface area contributed by atoms with Crippen LogP contribution in [0.4, 0.5) is 5.69 Å². The fourth-order valence-electron chi connectivity index (χ4n) is 8.30. The van der Waals surface area contributed by atoms with Crippen LogP contribution in [0.3, 0.4) is 0 Å². The van der Waals surface area contributed by atoms with Gasteiger partial charge in [-0.05, 0) is 73.1 Å². The number of halogens is 1. The van der Waals surface area contributed by atoms with Crippen LogP contribution >= 0.6 is 11.6 Å². The molecule has 3 aromatic rings. The van der Waals surface area contributed by atoms with Crippen molar-refractivity contribution < 1.29 is 19.2 Å². The molecule has 7 rings (SSSR count). The summed E-state index contributed by atoms with van der Waals surface area (Å²) in [5.41, 5.74) is 3.22. The van der Waals surface area contributed by atoms with Crippen molar-refractivity contribution in [3.05, 3.63) is 101 Å². The van der Waals surface area contributed by atoms with Crippen LogP contribution in [0.1, 0.15) is 61.6 Å². The Kier molecular flexibility index (Phi) is 10.6. The van der Waals surface area contributed by atoms with Gasteiger partial charge in [0.1, 0.15) is 18.1 Å². The maximum atomic E-state index is 14.3. The Morgan fingerprint density at radius 1 is 0.882 bits per heavy atom. The molecule has 3 fully saturated rings. The Labute approximate surface area is 304 Å². The molecule has 1 saturated carbocycles. The highest BCUT2D eigenvalue weighted by atomic mass is 35.5. The fourth-order valence-corrected chi connectivity index (χ4v) is 8.43. The number of nitrogens with zero attached hydrogens (tertiary/aromatic N) is 3. The van der Waals surface area contributed by atoms with E-state index in [1.165, 1.54) is 12.0 Å². The van der Waals surface area contributed by atoms with Crippen molar-refractivity contribution in [1.29, 1.82) is 0 Å². The molecule has 11 heteroatoms. The molecule has 0 unspecified atom stereocenters. The molecule has 0 aromatic heterocycles. The lowest BCUT2D eigenvalue weighted by Crippen LogP contribution is -2.60. The standard InChI is InChI=1S/C40H47ClN6O4/c41-31-17-15-28(16-18-31)23-35(44-37(49)34-24-29-9-7-8-10-30(29)25-42-34)38(50)45-21-19-40(20-22-45)39(51)46(27-47(40)33-13-5-2-6-14-33)26-36(48)43-32-11-3-1-4-12-32/h2,5-10,13-18,32,34-35,42H,1,3-4,11-12,19-27H2,(H,43,48)(H,44,49)/t34-,35-/m1/s1. The zero-order valence-corrected chi connectivity index (χ0v) is 29.7. The van der Waals surface area contributed by atoms with E-state index in [0.29, 0.717) is 57.0 Å². The first-order valence-electron chi connectivity index (χ1n) is 18.3. The summed E-state index contributed by atoms with van der Waals surface area (Å²) in [5, 5.41) is 10.2. The Balaban J connectivity index is 1.06. The molecule has 51 heavy (non-hydrogen) atoms. The first-order chi connectivity index (χ1) is 24.8. The van der Waals surface area contributed by atoms with Crippen molar-refractivity contribution in [2.75, 3.05) is 31.2 Å². The molecule has 3 aromatic carbocycles. The van der Waals surface area contributed by atoms with Crippen LogP contribution < -0.4 is 20.9 Å². The number of anilines is 1. The third kappa shape index (κ3) is 7.77. The first-order valence-corrected chi connectivity index (χ1v) is 18.7. The van der Waals surface area contributed by atoms with E-state index in [2.05, 4.69) is 26.9 Å². The Morgan fingerprint density at radius 2 is 1.57 bits per heavy atom. The van der Waals surface area contributed by atoms with Crippen LogP contribution in [0.2, 0.25) is 5.02 Å². The van der Waals surface area contributed by atoms with Gasteiger partial charge in [0.2, 0.25) is 17.7 Å². The fraction of sp³-hybridized carbons (Fsp3) is 0.450. The molecular weight excluding hydrogens is 664 g/mol. The van der Waals surface area contributed by atoms with Crippen molar-refractivity contribution in [2.24, 2.45) is 0 Å². The Morgan fingerprint density at radius 3 is 2.29 bits per heavy atom. The molecule has 4 amide bonds. The summed E-state index contributed by atoms with van der Waals surface area (Å²) in [5.74, 6) is -0.588. The maximum Gasteiger partial charge on any atom is 0.250 e. The van der Waals surface area contributed by atoms with Gasteiger partial charge in [-0.25, -0.2) is 0 Å². The van der Waals surface area contributed by atoms with Crippen molar-refractivity contribution in [3.8, 4) is 0 Å². The highest BCUT2D eigenvalue weighted by Gasteiger charge is 2.54. The van der Waals surface area contributed by atoms with Crippen molar-refractivity contribution in [1.82, 2.24) is 25.8 Å². The van der Waals surface area contributed by atoms with Gasteiger partial charge in [-0.3, -0.25) is 19.2 Å². The van der Waals surface area contributed by atoms with Crippen LogP contribution in [-0.2, 0) is 38.6 Å². The normalized spacial score (nSPS) is 20.9. The van der Waals surface area contributed by atoms with Gasteiger partial charge < -0.3 is 30.7 Å². The first kappa shape index (κ1) is 35.0. The number of piperidine rings is 1. The van der Waals surface area contributed by atoms with Gasteiger partial charge >= 0.3 is 0 Å². The molecule has 3 aliphatic heterocycles. The third-order valence-electron chi connectivity index (χ3n) is 11.2. The third-order valence-corrected chi connectivity index (χ3v) is 11.4. The number of para-hydroxylation sites is 1. The molecule has 1 aliphatic carbocycles. The van der Waals surface area contributed by atoms with E-state index in [0.717, 1.165) is 42.5 Å². The predicted molar refractivity (Wildman–Crippen MR) is 197 cm³/mol. The van der Waals surface area contributed by atoms with E-state index in [1.54, 1.807) is 21.9 Å².